The normalized spacial score (nSPS) is 18.6. The summed E-state index contributed by atoms with van der Waals surface area (Å²) in [6, 6.07) is 16.7. The third kappa shape index (κ3) is 3.36. The smallest absolute Gasteiger partial charge is 0.377 e. The van der Waals surface area contributed by atoms with Gasteiger partial charge in [-0.25, -0.2) is 4.79 Å². The number of ether oxygens (including phenoxy) is 1. The van der Waals surface area contributed by atoms with E-state index in [1.54, 1.807) is 0 Å². The van der Waals surface area contributed by atoms with Crippen LogP contribution in [0.2, 0.25) is 0 Å². The fourth-order valence-electron chi connectivity index (χ4n) is 1.96. The second kappa shape index (κ2) is 6.93. The molecule has 1 aliphatic rings. The van der Waals surface area contributed by atoms with E-state index >= 15 is 0 Å². The number of esters is 1. The van der Waals surface area contributed by atoms with E-state index in [4.69, 9.17) is 20.4 Å². The second-order valence-corrected chi connectivity index (χ2v) is 4.66. The number of aliphatic hydroxyl groups is 4. The summed E-state index contributed by atoms with van der Waals surface area (Å²) in [4.78, 5) is 10.5. The van der Waals surface area contributed by atoms with Crippen molar-refractivity contribution < 1.29 is 30.0 Å². The predicted molar refractivity (Wildman–Crippen MR) is 79.2 cm³/mol. The zero-order valence-electron chi connectivity index (χ0n) is 11.6. The van der Waals surface area contributed by atoms with Crippen LogP contribution in [0.5, 0.6) is 0 Å². The number of aliphatic hydroxyl groups excluding tert-OH is 4. The minimum absolute atomic E-state index is 0.671. The monoisotopic (exact) mass is 304 g/mol. The van der Waals surface area contributed by atoms with Gasteiger partial charge in [-0.3, -0.25) is 0 Å². The maximum atomic E-state index is 10.5. The topological polar surface area (TPSA) is 107 Å². The van der Waals surface area contributed by atoms with Crippen LogP contribution in [0, 0.1) is 0 Å². The average Bonchev–Trinajstić information content (AvgIpc) is 2.82. The van der Waals surface area contributed by atoms with Crippen molar-refractivity contribution in [2.45, 2.75) is 12.2 Å². The van der Waals surface area contributed by atoms with E-state index in [2.05, 4.69) is 53.3 Å². The summed E-state index contributed by atoms with van der Waals surface area (Å²) in [5.41, 5.74) is 0. The van der Waals surface area contributed by atoms with Crippen LogP contribution >= 0.6 is 0 Å². The fourth-order valence-corrected chi connectivity index (χ4v) is 1.96. The zero-order valence-corrected chi connectivity index (χ0v) is 11.6. The Hall–Kier alpha value is -2.57. The maximum absolute atomic E-state index is 10.5. The van der Waals surface area contributed by atoms with Crippen molar-refractivity contribution in [2.75, 3.05) is 6.61 Å². The van der Waals surface area contributed by atoms with Crippen LogP contribution in [0.1, 0.15) is 0 Å². The summed E-state index contributed by atoms with van der Waals surface area (Å²) in [6.07, 6.45) is -2.78. The Kier molecular flexibility index (Phi) is 4.98. The molecule has 0 radical (unpaired) electrons. The van der Waals surface area contributed by atoms with Crippen LogP contribution in [-0.2, 0) is 9.53 Å². The molecule has 0 saturated heterocycles. The lowest BCUT2D eigenvalue weighted by atomic mass is 10.1. The molecule has 6 nitrogen and oxygen atoms in total. The van der Waals surface area contributed by atoms with Gasteiger partial charge < -0.3 is 25.2 Å². The van der Waals surface area contributed by atoms with Gasteiger partial charge in [-0.15, -0.1) is 0 Å². The lowest BCUT2D eigenvalue weighted by Crippen LogP contribution is -2.31. The molecule has 4 N–H and O–H groups in total. The number of hydrogen-bond donors (Lipinski definition) is 4. The molecule has 1 aliphatic heterocycles. The van der Waals surface area contributed by atoms with Crippen LogP contribution in [0.4, 0.5) is 0 Å². The highest BCUT2D eigenvalue weighted by molar-refractivity contribution is 5.89. The number of cyclic esters (lactones) is 1. The van der Waals surface area contributed by atoms with Gasteiger partial charge in [0.1, 0.15) is 6.10 Å². The molecule has 0 aliphatic carbocycles. The van der Waals surface area contributed by atoms with Crippen molar-refractivity contribution in [3.63, 3.8) is 0 Å². The molecular weight excluding hydrogens is 288 g/mol. The van der Waals surface area contributed by atoms with E-state index in [-0.39, 0.29) is 0 Å². The summed E-state index contributed by atoms with van der Waals surface area (Å²) < 4.78 is 4.32. The molecule has 2 aromatic rings. The Morgan fingerprint density at radius 3 is 1.77 bits per heavy atom. The summed E-state index contributed by atoms with van der Waals surface area (Å²) in [5.74, 6) is -2.78. The van der Waals surface area contributed by atoms with Gasteiger partial charge in [0.15, 0.2) is 11.9 Å². The third-order valence-corrected chi connectivity index (χ3v) is 3.13. The highest BCUT2D eigenvalue weighted by atomic mass is 16.6. The Morgan fingerprint density at radius 2 is 1.45 bits per heavy atom. The van der Waals surface area contributed by atoms with Crippen molar-refractivity contribution in [3.8, 4) is 0 Å². The summed E-state index contributed by atoms with van der Waals surface area (Å²) in [7, 11) is 0. The first kappa shape index (κ1) is 15.8. The minimum Gasteiger partial charge on any atom is -0.505 e. The van der Waals surface area contributed by atoms with Gasteiger partial charge in [0, 0.05) is 0 Å². The molecule has 0 amide bonds. The summed E-state index contributed by atoms with van der Waals surface area (Å²) in [5, 5.41) is 37.7. The lowest BCUT2D eigenvalue weighted by Gasteiger charge is -2.13. The van der Waals surface area contributed by atoms with E-state index in [1.165, 1.54) is 10.8 Å². The van der Waals surface area contributed by atoms with Crippen LogP contribution in [0.3, 0.4) is 0 Å². The van der Waals surface area contributed by atoms with E-state index in [0.29, 0.717) is 0 Å². The molecule has 0 saturated carbocycles. The molecule has 0 unspecified atom stereocenters. The molecule has 6 heteroatoms. The van der Waals surface area contributed by atoms with Gasteiger partial charge in [-0.2, -0.15) is 0 Å². The maximum Gasteiger partial charge on any atom is 0.377 e. The number of carbonyl (C=O) groups is 1. The molecule has 0 spiro atoms. The third-order valence-electron chi connectivity index (χ3n) is 3.13. The van der Waals surface area contributed by atoms with Gasteiger partial charge in [-0.1, -0.05) is 48.5 Å². The number of fused-ring (bicyclic) bond motifs is 1. The Labute approximate surface area is 126 Å². The first-order chi connectivity index (χ1) is 10.5. The molecular formula is C16H16O6. The fraction of sp³-hybridized carbons (Fsp3) is 0.188. The molecule has 2 atom stereocenters. The Balaban J connectivity index is 0.000000162. The Morgan fingerprint density at radius 1 is 1.00 bits per heavy atom. The molecule has 1 heterocycles. The number of benzene rings is 2. The lowest BCUT2D eigenvalue weighted by molar-refractivity contribution is -0.147. The van der Waals surface area contributed by atoms with Gasteiger partial charge in [0.2, 0.25) is 5.76 Å². The molecule has 3 rings (SSSR count). The van der Waals surface area contributed by atoms with Crippen molar-refractivity contribution >= 4 is 16.7 Å². The van der Waals surface area contributed by atoms with Crippen LogP contribution < -0.4 is 0 Å². The van der Waals surface area contributed by atoms with Crippen molar-refractivity contribution in [3.05, 3.63) is 60.0 Å². The largest absolute Gasteiger partial charge is 0.505 e. The van der Waals surface area contributed by atoms with Crippen molar-refractivity contribution in [2.24, 2.45) is 0 Å². The summed E-state index contributed by atoms with van der Waals surface area (Å²) in [6.45, 7) is -0.671. The van der Waals surface area contributed by atoms with Gasteiger partial charge in [0.05, 0.1) is 6.61 Å². The quantitative estimate of drug-likeness (QED) is 0.625. The van der Waals surface area contributed by atoms with Gasteiger partial charge in [0.25, 0.3) is 0 Å². The minimum atomic E-state index is -1.42. The molecule has 116 valence electrons. The van der Waals surface area contributed by atoms with E-state index in [9.17, 15) is 4.79 Å². The average molecular weight is 304 g/mol. The zero-order chi connectivity index (χ0) is 16.1. The van der Waals surface area contributed by atoms with Crippen LogP contribution in [0.25, 0.3) is 10.8 Å². The Bertz CT molecular complexity index is 628. The second-order valence-electron chi connectivity index (χ2n) is 4.66. The standard InChI is InChI=1S/C10H8.C6H8O6/c1-2-6-10-8-4-3-7-9(10)5-1;7-1-2(8)5-3(9)4(10)6(11)12-5/h1-8H;2,5,7-10H,1H2/t;2-,5+/m.0/s1. The number of rotatable bonds is 2. The van der Waals surface area contributed by atoms with E-state index in [0.717, 1.165) is 0 Å². The SMILES string of the molecule is O=C1O[C@H]([C@@H](O)CO)C(O)=C1O.c1ccc2ccccc2c1. The molecule has 22 heavy (non-hydrogen) atoms. The number of hydrogen-bond acceptors (Lipinski definition) is 6. The molecule has 0 aromatic heterocycles. The van der Waals surface area contributed by atoms with E-state index in [1.807, 2.05) is 0 Å². The van der Waals surface area contributed by atoms with Crippen molar-refractivity contribution in [1.82, 2.24) is 0 Å². The van der Waals surface area contributed by atoms with Crippen LogP contribution in [-0.4, -0.2) is 45.2 Å². The highest BCUT2D eigenvalue weighted by Crippen LogP contribution is 2.20. The highest BCUT2D eigenvalue weighted by Gasteiger charge is 2.38. The van der Waals surface area contributed by atoms with E-state index < -0.39 is 36.3 Å². The van der Waals surface area contributed by atoms with Gasteiger partial charge >= 0.3 is 5.97 Å². The van der Waals surface area contributed by atoms with Crippen molar-refractivity contribution in [1.29, 1.82) is 0 Å². The predicted octanol–water partition coefficient (Wildman–Crippen LogP) is 1.43. The summed E-state index contributed by atoms with van der Waals surface area (Å²) >= 11 is 0. The first-order valence-corrected chi connectivity index (χ1v) is 6.60. The first-order valence-electron chi connectivity index (χ1n) is 6.60. The number of carbonyl (C=O) groups excluding carboxylic acids is 1. The molecule has 0 fully saturated rings. The molecule has 2 aromatic carbocycles. The van der Waals surface area contributed by atoms with Crippen LogP contribution in [0.15, 0.2) is 60.0 Å². The van der Waals surface area contributed by atoms with Gasteiger partial charge in [-0.05, 0) is 10.8 Å². The molecule has 0 bridgehead atoms.